The normalized spacial score (nSPS) is 11.3. The molecule has 4 aromatic rings. The first-order chi connectivity index (χ1) is 11.7. The van der Waals surface area contributed by atoms with Gasteiger partial charge in [0.05, 0.1) is 7.11 Å². The molecule has 2 heteroatoms. The first-order valence-corrected chi connectivity index (χ1v) is 9.62. The summed E-state index contributed by atoms with van der Waals surface area (Å²) in [7, 11) is 1.86. The molecule has 0 spiro atoms. The maximum Gasteiger partial charge on any atom is 0.182 e. The lowest BCUT2D eigenvalue weighted by molar-refractivity contribution is 0.408. The largest absolute Gasteiger partial charge is 0.496 e. The lowest BCUT2D eigenvalue weighted by Gasteiger charge is -2.09. The third-order valence-electron chi connectivity index (χ3n) is 4.63. The Labute approximate surface area is 145 Å². The third kappa shape index (κ3) is 2.38. The van der Waals surface area contributed by atoms with Crippen molar-refractivity contribution in [2.75, 3.05) is 7.11 Å². The predicted molar refractivity (Wildman–Crippen MR) is 106 cm³/mol. The average Bonchev–Trinajstić information content (AvgIpc) is 2.89. The molecule has 0 atom stereocenters. The van der Waals surface area contributed by atoms with Gasteiger partial charge in [0.15, 0.2) is 15.2 Å². The van der Waals surface area contributed by atoms with E-state index in [1.165, 1.54) is 36.9 Å². The summed E-state index contributed by atoms with van der Waals surface area (Å²) in [5.74, 6) is 2.06. The highest BCUT2D eigenvalue weighted by Gasteiger charge is 2.21. The lowest BCUT2D eigenvalue weighted by Crippen LogP contribution is -1.93. The van der Waals surface area contributed by atoms with Gasteiger partial charge in [0.2, 0.25) is 0 Å². The van der Waals surface area contributed by atoms with E-state index in [2.05, 4.69) is 74.5 Å². The van der Waals surface area contributed by atoms with Crippen molar-refractivity contribution in [1.29, 1.82) is 0 Å². The van der Waals surface area contributed by atoms with Gasteiger partial charge in [-0.2, -0.15) is 0 Å². The fourth-order valence-corrected chi connectivity index (χ4v) is 6.11. The Balaban J connectivity index is 1.91. The quantitative estimate of drug-likeness (QED) is 0.393. The minimum absolute atomic E-state index is 0.106. The number of aryl methyl sites for hydroxylation is 2. The van der Waals surface area contributed by atoms with Crippen LogP contribution in [0.5, 0.6) is 5.75 Å². The molecule has 0 unspecified atom stereocenters. The van der Waals surface area contributed by atoms with E-state index < -0.39 is 0 Å². The monoisotopic (exact) mass is 333 g/mol. The standard InChI is InChI=1S/C22H21OS/c1-15-12-17(13-16(2)22(15)23-3)14-24-20-10-6-4-8-18(20)19-9-5-7-11-21(19)24/h4-13H,14H2,1-3H3/q+1. The van der Waals surface area contributed by atoms with Crippen molar-refractivity contribution in [1.82, 2.24) is 0 Å². The Morgan fingerprint density at radius 3 is 1.79 bits per heavy atom. The summed E-state index contributed by atoms with van der Waals surface area (Å²) in [6, 6.07) is 22.3. The zero-order valence-electron chi connectivity index (χ0n) is 14.3. The second-order valence-corrected chi connectivity index (χ2v) is 8.24. The van der Waals surface area contributed by atoms with Gasteiger partial charge in [0, 0.05) is 16.3 Å². The molecule has 1 aromatic heterocycles. The van der Waals surface area contributed by atoms with Gasteiger partial charge in [-0.1, -0.05) is 24.3 Å². The van der Waals surface area contributed by atoms with Gasteiger partial charge in [0.25, 0.3) is 0 Å². The zero-order chi connectivity index (χ0) is 16.7. The highest BCUT2D eigenvalue weighted by Crippen LogP contribution is 2.44. The maximum atomic E-state index is 5.52. The minimum atomic E-state index is 0.106. The number of benzene rings is 3. The SMILES string of the molecule is COc1c(C)cc(C[s+]2c3ccccc3c3ccccc32)cc1C. The number of hydrogen-bond donors (Lipinski definition) is 0. The topological polar surface area (TPSA) is 9.23 Å². The maximum absolute atomic E-state index is 5.52. The molecule has 1 heterocycles. The summed E-state index contributed by atoms with van der Waals surface area (Å²) in [6.07, 6.45) is 0. The molecule has 0 saturated heterocycles. The van der Waals surface area contributed by atoms with Crippen LogP contribution in [0.15, 0.2) is 60.7 Å². The van der Waals surface area contributed by atoms with Crippen molar-refractivity contribution in [2.24, 2.45) is 0 Å². The van der Waals surface area contributed by atoms with Crippen LogP contribution in [-0.2, 0) is 5.75 Å². The van der Waals surface area contributed by atoms with Crippen LogP contribution >= 0.6 is 10.5 Å². The van der Waals surface area contributed by atoms with Crippen LogP contribution in [0.3, 0.4) is 0 Å². The van der Waals surface area contributed by atoms with Gasteiger partial charge in [-0.3, -0.25) is 0 Å². The summed E-state index contributed by atoms with van der Waals surface area (Å²) in [6.45, 7) is 4.27. The molecule has 0 aliphatic heterocycles. The van der Waals surface area contributed by atoms with Gasteiger partial charge >= 0.3 is 0 Å². The van der Waals surface area contributed by atoms with Gasteiger partial charge < -0.3 is 4.74 Å². The van der Waals surface area contributed by atoms with Crippen molar-refractivity contribution in [3.63, 3.8) is 0 Å². The van der Waals surface area contributed by atoms with Crippen LogP contribution in [0, 0.1) is 13.8 Å². The van der Waals surface area contributed by atoms with Crippen molar-refractivity contribution in [3.8, 4) is 5.75 Å². The molecule has 3 aromatic carbocycles. The van der Waals surface area contributed by atoms with Crippen molar-refractivity contribution >= 4 is 30.6 Å². The summed E-state index contributed by atoms with van der Waals surface area (Å²) in [5, 5.41) is 2.80. The first kappa shape index (κ1) is 15.2. The molecule has 1 nitrogen and oxygen atoms in total. The Hall–Kier alpha value is -2.32. The number of methoxy groups -OCH3 is 1. The molecule has 0 radical (unpaired) electrons. The van der Waals surface area contributed by atoms with Crippen LogP contribution < -0.4 is 4.74 Å². The Morgan fingerprint density at radius 2 is 1.29 bits per heavy atom. The molecular formula is C22H21OS+. The van der Waals surface area contributed by atoms with E-state index in [0.29, 0.717) is 0 Å². The smallest absolute Gasteiger partial charge is 0.182 e. The van der Waals surface area contributed by atoms with E-state index in [9.17, 15) is 0 Å². The van der Waals surface area contributed by atoms with Crippen LogP contribution in [-0.4, -0.2) is 7.11 Å². The number of ether oxygens (including phenoxy) is 1. The Morgan fingerprint density at radius 1 is 0.792 bits per heavy atom. The van der Waals surface area contributed by atoms with E-state index in [1.807, 2.05) is 0 Å². The number of hydrogen-bond acceptors (Lipinski definition) is 1. The summed E-state index contributed by atoms with van der Waals surface area (Å²) in [4.78, 5) is 0. The lowest BCUT2D eigenvalue weighted by atomic mass is 10.1. The molecule has 0 fully saturated rings. The van der Waals surface area contributed by atoms with E-state index in [1.54, 1.807) is 7.11 Å². The molecule has 0 saturated carbocycles. The van der Waals surface area contributed by atoms with Gasteiger partial charge in [0.1, 0.15) is 5.75 Å². The van der Waals surface area contributed by atoms with Gasteiger partial charge in [-0.15, -0.1) is 0 Å². The highest BCUT2D eigenvalue weighted by atomic mass is 32.2. The van der Waals surface area contributed by atoms with Crippen LogP contribution in [0.1, 0.15) is 16.7 Å². The number of fused-ring (bicyclic) bond motifs is 3. The van der Waals surface area contributed by atoms with Crippen molar-refractivity contribution in [2.45, 2.75) is 19.6 Å². The zero-order valence-corrected chi connectivity index (χ0v) is 15.1. The third-order valence-corrected chi connectivity index (χ3v) is 7.03. The minimum Gasteiger partial charge on any atom is -0.496 e. The van der Waals surface area contributed by atoms with Crippen LogP contribution in [0.25, 0.3) is 20.2 Å². The van der Waals surface area contributed by atoms with Gasteiger partial charge in [-0.25, -0.2) is 0 Å². The fourth-order valence-electron chi connectivity index (χ4n) is 3.69. The summed E-state index contributed by atoms with van der Waals surface area (Å²) >= 11 is 0. The van der Waals surface area contributed by atoms with E-state index in [4.69, 9.17) is 4.74 Å². The molecule has 4 rings (SSSR count). The summed E-state index contributed by atoms with van der Waals surface area (Å²) in [5.41, 5.74) is 3.83. The molecular weight excluding hydrogens is 312 g/mol. The van der Waals surface area contributed by atoms with E-state index >= 15 is 0 Å². The molecule has 0 N–H and O–H groups in total. The molecule has 0 aliphatic carbocycles. The van der Waals surface area contributed by atoms with E-state index in [0.717, 1.165) is 11.5 Å². The van der Waals surface area contributed by atoms with Crippen molar-refractivity contribution < 1.29 is 4.74 Å². The molecule has 0 amide bonds. The first-order valence-electron chi connectivity index (χ1n) is 8.22. The second kappa shape index (κ2) is 5.95. The summed E-state index contributed by atoms with van der Waals surface area (Å²) < 4.78 is 8.47. The molecule has 0 aliphatic rings. The number of thiophene rings is 1. The van der Waals surface area contributed by atoms with Crippen molar-refractivity contribution in [3.05, 3.63) is 77.4 Å². The Bertz CT molecular complexity index is 966. The van der Waals surface area contributed by atoms with E-state index in [-0.39, 0.29) is 10.5 Å². The second-order valence-electron chi connectivity index (χ2n) is 6.29. The highest BCUT2D eigenvalue weighted by molar-refractivity contribution is 7.42. The molecule has 0 bridgehead atoms. The van der Waals surface area contributed by atoms with Gasteiger partial charge in [-0.05, 0) is 71.8 Å². The molecule has 24 heavy (non-hydrogen) atoms. The van der Waals surface area contributed by atoms with Crippen LogP contribution in [0.4, 0.5) is 0 Å². The molecule has 120 valence electrons. The fraction of sp³-hybridized carbons (Fsp3) is 0.182. The number of rotatable bonds is 3. The average molecular weight is 333 g/mol. The van der Waals surface area contributed by atoms with Crippen LogP contribution in [0.2, 0.25) is 0 Å². The Kier molecular flexibility index (Phi) is 3.78. The predicted octanol–water partition coefficient (Wildman–Crippen LogP) is 6.42.